The largest absolute Gasteiger partial charge is 0.456 e. The Morgan fingerprint density at radius 3 is 1.33 bits per heavy atom. The topological polar surface area (TPSA) is 72.7 Å². The Balaban J connectivity index is 0.000000187. The molecular weight excluding hydrogens is 638 g/mol. The van der Waals surface area contributed by atoms with E-state index in [0.717, 1.165) is 56.6 Å². The summed E-state index contributed by atoms with van der Waals surface area (Å²) in [5.74, 6) is 1.52. The van der Waals surface area contributed by atoms with Gasteiger partial charge in [0.2, 0.25) is 5.43 Å². The number of hydrogen-bond acceptors (Lipinski definition) is 9. The molecule has 1 aromatic heterocycles. The molecule has 0 spiro atoms. The van der Waals surface area contributed by atoms with Crippen molar-refractivity contribution < 1.29 is 13.9 Å². The molecule has 0 saturated carbocycles. The van der Waals surface area contributed by atoms with Crippen LogP contribution in [-0.2, 0) is 4.79 Å². The number of fused-ring (bicyclic) bond motifs is 4. The average molecular weight is 684 g/mol. The number of ketones is 1. The number of ether oxygens (including phenoxy) is 1. The van der Waals surface area contributed by atoms with Gasteiger partial charge in [0.15, 0.2) is 5.78 Å². The van der Waals surface area contributed by atoms with Crippen LogP contribution in [0.4, 0.5) is 22.7 Å². The van der Waals surface area contributed by atoms with Crippen LogP contribution in [0.5, 0.6) is 11.5 Å². The Morgan fingerprint density at radius 1 is 0.490 bits per heavy atom. The molecule has 4 aromatic carbocycles. The number of rotatable bonds is 5. The van der Waals surface area contributed by atoms with E-state index in [9.17, 15) is 9.59 Å². The Labute approximate surface area is 299 Å². The number of nitrogens with zero attached hydrogens (tertiary/aromatic N) is 5. The molecule has 7 rings (SSSR count). The SMILES string of the molecule is CN(C)C1=CC(=O)C(=C2c3ccc(N(C)C)cc3Oc3cc(N(C)C)ccc32)C=C1.CN(C)c1ccc2c(=O)c3ccc(N(C)C)cc3oc2c1. The van der Waals surface area contributed by atoms with Gasteiger partial charge >= 0.3 is 0 Å². The van der Waals surface area contributed by atoms with Crippen LogP contribution in [0.15, 0.2) is 112 Å². The molecule has 2 heterocycles. The summed E-state index contributed by atoms with van der Waals surface area (Å²) < 4.78 is 12.3. The standard InChI is InChI=1S/C25H27N3O2.C17H18N2O2/c1-26(2)16-7-10-19(22(29)13-16)25-20-11-8-17(27(3)4)14-23(20)30-24-15-18(28(5)6)9-12-21(24)25;1-18(2)11-5-7-13-15(9-11)21-16-10-12(19(3)4)6-8-14(16)17(13)20/h7-15H,1-6H3;5-10H,1-4H3. The number of likely N-dealkylation sites (N-methyl/N-ethyl adjacent to an activating group) is 1. The third kappa shape index (κ3) is 6.79. The predicted octanol–water partition coefficient (Wildman–Crippen LogP) is 7.39. The van der Waals surface area contributed by atoms with Crippen LogP contribution in [-0.4, -0.2) is 81.2 Å². The highest BCUT2D eigenvalue weighted by Crippen LogP contribution is 2.48. The maximum absolute atomic E-state index is 13.1. The fourth-order valence-corrected chi connectivity index (χ4v) is 6.10. The summed E-state index contributed by atoms with van der Waals surface area (Å²) in [7, 11) is 19.7. The van der Waals surface area contributed by atoms with Gasteiger partial charge in [-0.25, -0.2) is 0 Å². The monoisotopic (exact) mass is 683 g/mol. The Morgan fingerprint density at radius 2 is 0.922 bits per heavy atom. The number of allylic oxidation sites excluding steroid dienone is 4. The quantitative estimate of drug-likeness (QED) is 0.137. The van der Waals surface area contributed by atoms with Gasteiger partial charge in [-0.2, -0.15) is 0 Å². The van der Waals surface area contributed by atoms with Gasteiger partial charge in [0.1, 0.15) is 22.7 Å². The molecule has 262 valence electrons. The summed E-state index contributed by atoms with van der Waals surface area (Å²) in [6, 6.07) is 23.6. The molecule has 0 radical (unpaired) electrons. The van der Waals surface area contributed by atoms with E-state index in [1.807, 2.05) is 168 Å². The summed E-state index contributed by atoms with van der Waals surface area (Å²) in [6.07, 6.45) is 5.60. The van der Waals surface area contributed by atoms with Crippen molar-refractivity contribution in [1.29, 1.82) is 0 Å². The van der Waals surface area contributed by atoms with Crippen LogP contribution in [0.25, 0.3) is 27.5 Å². The van der Waals surface area contributed by atoms with E-state index < -0.39 is 0 Å². The molecule has 0 fully saturated rings. The minimum Gasteiger partial charge on any atom is -0.456 e. The van der Waals surface area contributed by atoms with Crippen LogP contribution < -0.4 is 29.8 Å². The van der Waals surface area contributed by atoms with E-state index in [1.54, 1.807) is 6.08 Å². The van der Waals surface area contributed by atoms with Crippen LogP contribution in [0.2, 0.25) is 0 Å². The molecule has 1 aliphatic heterocycles. The number of carbonyl (C=O) groups excluding carboxylic acids is 1. The first-order chi connectivity index (χ1) is 24.2. The second kappa shape index (κ2) is 13.7. The molecular formula is C42H45N5O4. The molecule has 0 bridgehead atoms. The van der Waals surface area contributed by atoms with Crippen molar-refractivity contribution in [1.82, 2.24) is 4.90 Å². The van der Waals surface area contributed by atoms with Crippen molar-refractivity contribution in [2.45, 2.75) is 0 Å². The average Bonchev–Trinajstić information content (AvgIpc) is 3.10. The van der Waals surface area contributed by atoms with Crippen LogP contribution in [0, 0.1) is 0 Å². The summed E-state index contributed by atoms with van der Waals surface area (Å²) >= 11 is 0. The molecule has 5 aromatic rings. The molecule has 0 N–H and O–H groups in total. The van der Waals surface area contributed by atoms with Gasteiger partial charge in [-0.1, -0.05) is 0 Å². The van der Waals surface area contributed by atoms with Crippen molar-refractivity contribution in [3.05, 3.63) is 124 Å². The summed E-state index contributed by atoms with van der Waals surface area (Å²) in [5.41, 5.74) is 9.71. The second-order valence-corrected chi connectivity index (χ2v) is 13.8. The molecule has 0 amide bonds. The third-order valence-corrected chi connectivity index (χ3v) is 9.15. The van der Waals surface area contributed by atoms with Gasteiger partial charge in [0.05, 0.1) is 10.8 Å². The number of carbonyl (C=O) groups is 1. The van der Waals surface area contributed by atoms with Crippen LogP contribution in [0.1, 0.15) is 11.1 Å². The summed E-state index contributed by atoms with van der Waals surface area (Å²) in [5, 5.41) is 1.23. The van der Waals surface area contributed by atoms with E-state index in [2.05, 4.69) is 12.1 Å². The van der Waals surface area contributed by atoms with E-state index in [1.165, 1.54) is 0 Å². The van der Waals surface area contributed by atoms with E-state index >= 15 is 0 Å². The third-order valence-electron chi connectivity index (χ3n) is 9.15. The maximum atomic E-state index is 13.1. The summed E-state index contributed by atoms with van der Waals surface area (Å²) in [6.45, 7) is 0. The maximum Gasteiger partial charge on any atom is 0.200 e. The van der Waals surface area contributed by atoms with Crippen LogP contribution in [0.3, 0.4) is 0 Å². The lowest BCUT2D eigenvalue weighted by molar-refractivity contribution is -0.111. The predicted molar refractivity (Wildman–Crippen MR) is 212 cm³/mol. The summed E-state index contributed by atoms with van der Waals surface area (Å²) in [4.78, 5) is 35.7. The fourth-order valence-electron chi connectivity index (χ4n) is 6.10. The first kappa shape index (κ1) is 34.9. The Hall–Kier alpha value is -5.96. The highest BCUT2D eigenvalue weighted by Gasteiger charge is 2.28. The number of benzene rings is 4. The van der Waals surface area contributed by atoms with Crippen molar-refractivity contribution in [3.8, 4) is 11.5 Å². The highest BCUT2D eigenvalue weighted by atomic mass is 16.5. The Bertz CT molecular complexity index is 2200. The zero-order valence-corrected chi connectivity index (χ0v) is 31.0. The van der Waals surface area contributed by atoms with E-state index in [-0.39, 0.29) is 11.2 Å². The smallest absolute Gasteiger partial charge is 0.200 e. The molecule has 0 saturated heterocycles. The van der Waals surface area contributed by atoms with Crippen molar-refractivity contribution in [2.24, 2.45) is 0 Å². The van der Waals surface area contributed by atoms with Gasteiger partial charge in [0, 0.05) is 152 Å². The fraction of sp³-hybridized carbons (Fsp3) is 0.238. The zero-order valence-electron chi connectivity index (χ0n) is 31.0. The van der Waals surface area contributed by atoms with Gasteiger partial charge in [0.25, 0.3) is 0 Å². The van der Waals surface area contributed by atoms with Gasteiger partial charge in [-0.15, -0.1) is 0 Å². The van der Waals surface area contributed by atoms with E-state index in [4.69, 9.17) is 9.15 Å². The highest BCUT2D eigenvalue weighted by molar-refractivity contribution is 6.16. The number of hydrogen-bond donors (Lipinski definition) is 0. The van der Waals surface area contributed by atoms with Gasteiger partial charge < -0.3 is 33.7 Å². The van der Waals surface area contributed by atoms with Crippen molar-refractivity contribution in [2.75, 3.05) is 90.1 Å². The lowest BCUT2D eigenvalue weighted by Crippen LogP contribution is -2.17. The number of anilines is 4. The van der Waals surface area contributed by atoms with Gasteiger partial charge in [-0.3, -0.25) is 9.59 Å². The lowest BCUT2D eigenvalue weighted by Gasteiger charge is -2.28. The zero-order chi connectivity index (χ0) is 36.7. The molecule has 51 heavy (non-hydrogen) atoms. The van der Waals surface area contributed by atoms with Crippen molar-refractivity contribution in [3.63, 3.8) is 0 Å². The first-order valence-corrected chi connectivity index (χ1v) is 16.8. The molecule has 9 heteroatoms. The van der Waals surface area contributed by atoms with E-state index in [0.29, 0.717) is 27.5 Å². The molecule has 0 unspecified atom stereocenters. The molecule has 9 nitrogen and oxygen atoms in total. The molecule has 0 atom stereocenters. The normalized spacial score (nSPS) is 13.1. The minimum atomic E-state index is 0.00312. The van der Waals surface area contributed by atoms with Crippen molar-refractivity contribution >= 4 is 56.0 Å². The Kier molecular flexibility index (Phi) is 9.40. The van der Waals surface area contributed by atoms with Crippen LogP contribution >= 0.6 is 0 Å². The minimum absolute atomic E-state index is 0.00312. The second-order valence-electron chi connectivity index (χ2n) is 13.8. The molecule has 2 aliphatic rings. The molecule has 1 aliphatic carbocycles. The first-order valence-electron chi connectivity index (χ1n) is 16.8. The lowest BCUT2D eigenvalue weighted by atomic mass is 9.86. The van der Waals surface area contributed by atoms with Gasteiger partial charge in [-0.05, 0) is 60.7 Å².